The lowest BCUT2D eigenvalue weighted by Crippen LogP contribution is -2.22. The van der Waals surface area contributed by atoms with Crippen LogP contribution in [0.3, 0.4) is 0 Å². The van der Waals surface area contributed by atoms with Crippen LogP contribution in [0, 0.1) is 5.41 Å². The molecule has 0 N–H and O–H groups in total. The van der Waals surface area contributed by atoms with Gasteiger partial charge in [0.05, 0.1) is 31.2 Å². The molecule has 0 spiro atoms. The first-order valence-corrected chi connectivity index (χ1v) is 10.2. The van der Waals surface area contributed by atoms with Crippen LogP contribution < -0.4 is 9.47 Å². The summed E-state index contributed by atoms with van der Waals surface area (Å²) in [5.74, 6) is 2.60. The Labute approximate surface area is 175 Å². The molecule has 0 aliphatic heterocycles. The van der Waals surface area contributed by atoms with Crippen LogP contribution in [0.25, 0.3) is 17.1 Å². The van der Waals surface area contributed by atoms with Crippen LogP contribution in [-0.2, 0) is 4.79 Å². The molecule has 2 aromatic carbocycles. The van der Waals surface area contributed by atoms with Gasteiger partial charge in [0.25, 0.3) is 0 Å². The van der Waals surface area contributed by atoms with E-state index >= 15 is 0 Å². The monoisotopic (exact) mass is 411 g/mol. The number of para-hydroxylation sites is 1. The summed E-state index contributed by atoms with van der Waals surface area (Å²) in [6.45, 7) is 5.76. The van der Waals surface area contributed by atoms with Crippen molar-refractivity contribution in [2.45, 2.75) is 25.9 Å². The van der Waals surface area contributed by atoms with Gasteiger partial charge < -0.3 is 9.47 Å². The summed E-state index contributed by atoms with van der Waals surface area (Å²) in [6, 6.07) is 15.3. The van der Waals surface area contributed by atoms with Gasteiger partial charge in [0.1, 0.15) is 17.3 Å². The number of methoxy groups -OCH3 is 2. The molecule has 0 bridgehead atoms. The lowest BCUT2D eigenvalue weighted by molar-refractivity contribution is -0.123. The van der Waals surface area contributed by atoms with Crippen LogP contribution in [0.2, 0.25) is 0 Å². The Morgan fingerprint density at radius 2 is 1.69 bits per heavy atom. The highest BCUT2D eigenvalue weighted by Gasteiger charge is 2.24. The summed E-state index contributed by atoms with van der Waals surface area (Å²) in [5, 5.41) is 9.45. The number of nitrogens with zero attached hydrogens (tertiary/aromatic N) is 3. The number of benzene rings is 2. The first-order valence-electron chi connectivity index (χ1n) is 9.24. The Morgan fingerprint density at radius 3 is 2.31 bits per heavy atom. The van der Waals surface area contributed by atoms with Gasteiger partial charge in [-0.1, -0.05) is 44.7 Å². The minimum absolute atomic E-state index is 0.158. The van der Waals surface area contributed by atoms with Crippen LogP contribution in [0.15, 0.2) is 53.7 Å². The fraction of sp³-hybridized carbons (Fsp3) is 0.318. The molecule has 6 nitrogen and oxygen atoms in total. The standard InChI is InChI=1S/C22H25N3O3S/c1-22(2,3)19(26)14-29-21-24-23-20(17-8-6-7-9-18(17)28-5)25(21)15-10-12-16(27-4)13-11-15/h6-13H,14H2,1-5H3. The predicted molar refractivity (Wildman–Crippen MR) is 115 cm³/mol. The number of aromatic nitrogens is 3. The molecule has 0 saturated heterocycles. The predicted octanol–water partition coefficient (Wildman–Crippen LogP) is 4.66. The molecule has 0 radical (unpaired) electrons. The van der Waals surface area contributed by atoms with Crippen molar-refractivity contribution in [1.29, 1.82) is 0 Å². The Kier molecular flexibility index (Phi) is 6.27. The second-order valence-corrected chi connectivity index (χ2v) is 8.44. The van der Waals surface area contributed by atoms with Crippen molar-refractivity contribution in [2.24, 2.45) is 5.41 Å². The summed E-state index contributed by atoms with van der Waals surface area (Å²) in [5.41, 5.74) is 1.30. The fourth-order valence-electron chi connectivity index (χ4n) is 2.68. The normalized spacial score (nSPS) is 11.3. The van der Waals surface area contributed by atoms with E-state index < -0.39 is 5.41 Å². The SMILES string of the molecule is COc1ccc(-n2c(SCC(=O)C(C)(C)C)nnc2-c2ccccc2OC)cc1. The number of rotatable bonds is 7. The highest BCUT2D eigenvalue weighted by atomic mass is 32.2. The number of ether oxygens (including phenoxy) is 2. The lowest BCUT2D eigenvalue weighted by Gasteiger charge is -2.16. The lowest BCUT2D eigenvalue weighted by atomic mass is 9.92. The molecule has 1 heterocycles. The third kappa shape index (κ3) is 4.62. The zero-order valence-corrected chi connectivity index (χ0v) is 18.1. The van der Waals surface area contributed by atoms with Crippen molar-refractivity contribution in [3.63, 3.8) is 0 Å². The van der Waals surface area contributed by atoms with E-state index in [1.165, 1.54) is 11.8 Å². The number of carbonyl (C=O) groups is 1. The van der Waals surface area contributed by atoms with E-state index in [-0.39, 0.29) is 5.78 Å². The first-order chi connectivity index (χ1) is 13.8. The summed E-state index contributed by atoms with van der Waals surface area (Å²) in [4.78, 5) is 12.4. The van der Waals surface area contributed by atoms with Crippen molar-refractivity contribution in [3.05, 3.63) is 48.5 Å². The van der Waals surface area contributed by atoms with Gasteiger partial charge in [0, 0.05) is 5.41 Å². The van der Waals surface area contributed by atoms with E-state index in [1.807, 2.05) is 73.9 Å². The number of hydrogen-bond donors (Lipinski definition) is 0. The highest BCUT2D eigenvalue weighted by molar-refractivity contribution is 7.99. The molecule has 0 fully saturated rings. The maximum atomic E-state index is 12.4. The van der Waals surface area contributed by atoms with Gasteiger partial charge >= 0.3 is 0 Å². The third-order valence-corrected chi connectivity index (χ3v) is 5.41. The average molecular weight is 412 g/mol. The van der Waals surface area contributed by atoms with E-state index in [2.05, 4.69) is 10.2 Å². The maximum absolute atomic E-state index is 12.4. The molecule has 3 rings (SSSR count). The molecule has 0 unspecified atom stereocenters. The topological polar surface area (TPSA) is 66.2 Å². The number of hydrogen-bond acceptors (Lipinski definition) is 6. The number of ketones is 1. The molecular weight excluding hydrogens is 386 g/mol. The number of thioether (sulfide) groups is 1. The van der Waals surface area contributed by atoms with Gasteiger partial charge in [-0.25, -0.2) is 0 Å². The Morgan fingerprint density at radius 1 is 1.00 bits per heavy atom. The van der Waals surface area contributed by atoms with Crippen LogP contribution in [0.5, 0.6) is 11.5 Å². The number of carbonyl (C=O) groups excluding carboxylic acids is 1. The van der Waals surface area contributed by atoms with Gasteiger partial charge in [0.2, 0.25) is 0 Å². The largest absolute Gasteiger partial charge is 0.497 e. The Balaban J connectivity index is 2.07. The smallest absolute Gasteiger partial charge is 0.196 e. The highest BCUT2D eigenvalue weighted by Crippen LogP contribution is 2.34. The molecular formula is C22H25N3O3S. The number of Topliss-reactive ketones (excluding diaryl/α,β-unsaturated/α-hetero) is 1. The molecule has 0 aliphatic rings. The van der Waals surface area contributed by atoms with E-state index in [0.717, 1.165) is 17.0 Å². The third-order valence-electron chi connectivity index (χ3n) is 4.48. The Hall–Kier alpha value is -2.80. The molecule has 3 aromatic rings. The van der Waals surface area contributed by atoms with E-state index in [4.69, 9.17) is 9.47 Å². The summed E-state index contributed by atoms with van der Waals surface area (Å²) in [6.07, 6.45) is 0. The van der Waals surface area contributed by atoms with Crippen molar-refractivity contribution in [1.82, 2.24) is 14.8 Å². The minimum Gasteiger partial charge on any atom is -0.497 e. The van der Waals surface area contributed by atoms with Crippen LogP contribution in [-0.4, -0.2) is 40.5 Å². The summed E-state index contributed by atoms with van der Waals surface area (Å²) >= 11 is 1.38. The fourth-order valence-corrected chi connectivity index (χ4v) is 3.79. The maximum Gasteiger partial charge on any atom is 0.196 e. The van der Waals surface area contributed by atoms with Crippen LogP contribution in [0.4, 0.5) is 0 Å². The van der Waals surface area contributed by atoms with Gasteiger partial charge in [-0.05, 0) is 36.4 Å². The molecule has 0 aliphatic carbocycles. The minimum atomic E-state index is -0.399. The van der Waals surface area contributed by atoms with E-state index in [9.17, 15) is 4.79 Å². The zero-order valence-electron chi connectivity index (χ0n) is 17.3. The molecule has 29 heavy (non-hydrogen) atoms. The molecule has 0 saturated carbocycles. The molecule has 0 atom stereocenters. The second kappa shape index (κ2) is 8.69. The van der Waals surface area contributed by atoms with Crippen LogP contribution >= 0.6 is 11.8 Å². The molecule has 1 aromatic heterocycles. The van der Waals surface area contributed by atoms with E-state index in [0.29, 0.717) is 22.5 Å². The van der Waals surface area contributed by atoms with Gasteiger partial charge in [-0.15, -0.1) is 10.2 Å². The van der Waals surface area contributed by atoms with Gasteiger partial charge in [0.15, 0.2) is 11.0 Å². The summed E-state index contributed by atoms with van der Waals surface area (Å²) < 4.78 is 12.7. The summed E-state index contributed by atoms with van der Waals surface area (Å²) in [7, 11) is 3.26. The van der Waals surface area contributed by atoms with Crippen molar-refractivity contribution < 1.29 is 14.3 Å². The van der Waals surface area contributed by atoms with Gasteiger partial charge in [-0.3, -0.25) is 9.36 Å². The second-order valence-electron chi connectivity index (χ2n) is 7.50. The quantitative estimate of drug-likeness (QED) is 0.527. The first kappa shape index (κ1) is 20.9. The van der Waals surface area contributed by atoms with Crippen molar-refractivity contribution >= 4 is 17.5 Å². The molecule has 152 valence electrons. The molecule has 7 heteroatoms. The van der Waals surface area contributed by atoms with Gasteiger partial charge in [-0.2, -0.15) is 0 Å². The average Bonchev–Trinajstić information content (AvgIpc) is 3.14. The zero-order chi connectivity index (χ0) is 21.0. The van der Waals surface area contributed by atoms with E-state index in [1.54, 1.807) is 14.2 Å². The van der Waals surface area contributed by atoms with Crippen molar-refractivity contribution in [3.8, 4) is 28.6 Å². The Bertz CT molecular complexity index is 991. The van der Waals surface area contributed by atoms with Crippen LogP contribution in [0.1, 0.15) is 20.8 Å². The van der Waals surface area contributed by atoms with Crippen molar-refractivity contribution in [2.75, 3.05) is 20.0 Å². The molecule has 0 amide bonds.